The summed E-state index contributed by atoms with van der Waals surface area (Å²) in [5.74, 6) is 6.89. The minimum absolute atomic E-state index is 0.303. The average molecular weight is 1400 g/mol. The molecule has 0 bridgehead atoms. The number of unbranched alkanes of at least 4 members (excludes halogenated alkanes) is 4. The number of rotatable bonds is 20. The third-order valence-corrected chi connectivity index (χ3v) is 30.8. The monoisotopic (exact) mass is 1400 g/mol. The first-order valence-corrected chi connectivity index (χ1v) is 44.4. The lowest BCUT2D eigenvalue weighted by atomic mass is 9.37. The van der Waals surface area contributed by atoms with Crippen LogP contribution in [0.3, 0.4) is 0 Å². The van der Waals surface area contributed by atoms with Crippen LogP contribution in [0, 0.1) is 99.7 Å². The molecule has 564 valence electrons. The van der Waals surface area contributed by atoms with Gasteiger partial charge in [-0.3, -0.25) is 0 Å². The lowest BCUT2D eigenvalue weighted by Gasteiger charge is -2.67. The van der Waals surface area contributed by atoms with Crippen LogP contribution in [0.5, 0.6) is 0 Å². The van der Waals surface area contributed by atoms with E-state index < -0.39 is 0 Å². The maximum Gasteiger partial charge on any atom is 0.00619 e. The van der Waals surface area contributed by atoms with E-state index in [-0.39, 0.29) is 0 Å². The molecule has 15 rings (SSSR count). The van der Waals surface area contributed by atoms with E-state index in [2.05, 4.69) is 234 Å². The molecule has 0 N–H and O–H groups in total. The van der Waals surface area contributed by atoms with Crippen molar-refractivity contribution in [3.05, 3.63) is 176 Å². The molecule has 0 spiro atoms. The predicted octanol–water partition coefficient (Wildman–Crippen LogP) is 30.9. The molecule has 0 aromatic heterocycles. The molecular formula is C104H148. The van der Waals surface area contributed by atoms with Gasteiger partial charge in [0.1, 0.15) is 0 Å². The highest BCUT2D eigenvalue weighted by molar-refractivity contribution is 5.82. The van der Waals surface area contributed by atoms with Gasteiger partial charge in [0.2, 0.25) is 0 Å². The number of benzene rings is 6. The van der Waals surface area contributed by atoms with Gasteiger partial charge in [0, 0.05) is 32.5 Å². The molecule has 104 heavy (non-hydrogen) atoms. The summed E-state index contributed by atoms with van der Waals surface area (Å²) in [6.45, 7) is 43.0. The molecule has 6 aromatic carbocycles. The third kappa shape index (κ3) is 14.4. The molecule has 0 heteroatoms. The van der Waals surface area contributed by atoms with E-state index in [4.69, 9.17) is 0 Å². The smallest absolute Gasteiger partial charge is 0.00619 e. The Morgan fingerprint density at radius 3 is 0.721 bits per heavy atom. The molecule has 0 amide bonds. The average Bonchev–Trinajstić information content (AvgIpc) is 1.19. The van der Waals surface area contributed by atoms with E-state index in [0.717, 1.165) is 47.3 Å². The molecular weight excluding hydrogens is 1250 g/mol. The Morgan fingerprint density at radius 1 is 0.298 bits per heavy atom. The highest BCUT2D eigenvalue weighted by Gasteiger charge is 2.68. The second-order valence-electron chi connectivity index (χ2n) is 41.1. The highest BCUT2D eigenvalue weighted by atomic mass is 14.7. The number of fused-ring (bicyclic) bond motifs is 9. The molecule has 0 heterocycles. The fraction of sp³-hybridized carbons (Fsp3) is 0.654. The maximum atomic E-state index is 2.68. The first-order valence-electron chi connectivity index (χ1n) is 44.4. The van der Waals surface area contributed by atoms with Crippen LogP contribution in [0.4, 0.5) is 0 Å². The lowest BCUT2D eigenvalue weighted by Crippen LogP contribution is -2.62. The fourth-order valence-corrected chi connectivity index (χ4v) is 27.0. The standard InChI is InChI=1S/2C40H60.C24H28/c1-27-13-17-33-34-18-14-28(2)20-36(34)40-25-31(15-11-29(3)21-37(5,6)7)23-39(40,35(33)19-27)24-32(26-40)16-12-30(4)22-38(8,9)10;1-7-11-15-31-25-39-27-33(17-13-9-3)34(18-14-10-4)28-40(39,26-32(31)16-12-8-2)38-24-30(6)20-22-36(38)35-21-19-29(5)23-37(35)39;1-17-7-9-19-20-10-8-18(2)16-22(20)24-13-5-3-11-23(24,21(19)15-17)12-4-6-14-24/h13-14,17-20,29-32H,11-12,15-16,21-26H2,1-10H3;19-24,31-34H,7-18,25-28H2,1-6H3;7-10,15-16H,3-6,11-14H2,1-2H3. The Labute approximate surface area is 638 Å². The van der Waals surface area contributed by atoms with E-state index in [9.17, 15) is 0 Å². The quantitative estimate of drug-likeness (QED) is 0.0715. The minimum Gasteiger partial charge on any atom is -0.0654 e. The van der Waals surface area contributed by atoms with Gasteiger partial charge < -0.3 is 0 Å². The summed E-state index contributed by atoms with van der Waals surface area (Å²) in [6.07, 6.45) is 47.7. The van der Waals surface area contributed by atoms with Crippen molar-refractivity contribution in [2.45, 2.75) is 375 Å². The summed E-state index contributed by atoms with van der Waals surface area (Å²) < 4.78 is 0. The first-order chi connectivity index (χ1) is 49.7. The van der Waals surface area contributed by atoms with Crippen molar-refractivity contribution in [2.24, 2.45) is 58.2 Å². The van der Waals surface area contributed by atoms with Gasteiger partial charge in [-0.2, -0.15) is 0 Å². The summed E-state index contributed by atoms with van der Waals surface area (Å²) in [5.41, 5.74) is 31.3. The van der Waals surface area contributed by atoms with Crippen molar-refractivity contribution in [2.75, 3.05) is 0 Å². The van der Waals surface area contributed by atoms with Crippen LogP contribution in [-0.4, -0.2) is 0 Å². The van der Waals surface area contributed by atoms with Crippen LogP contribution in [-0.2, 0) is 32.5 Å². The Bertz CT molecular complexity index is 3620. The molecule has 9 aliphatic carbocycles. The zero-order valence-electron chi connectivity index (χ0n) is 70.1. The molecule has 0 aliphatic heterocycles. The summed E-state index contributed by atoms with van der Waals surface area (Å²) in [5, 5.41) is 0. The second kappa shape index (κ2) is 31.0. The molecule has 6 aromatic rings. The van der Waals surface area contributed by atoms with Crippen molar-refractivity contribution in [1.82, 2.24) is 0 Å². The first kappa shape index (κ1) is 77.5. The van der Waals surface area contributed by atoms with Crippen molar-refractivity contribution in [3.63, 3.8) is 0 Å². The summed E-state index contributed by atoms with van der Waals surface area (Å²) in [7, 11) is 0. The Morgan fingerprint density at radius 2 is 0.510 bits per heavy atom. The third-order valence-electron chi connectivity index (χ3n) is 30.8. The zero-order valence-corrected chi connectivity index (χ0v) is 70.1. The maximum absolute atomic E-state index is 2.68. The fourth-order valence-electron chi connectivity index (χ4n) is 27.0. The van der Waals surface area contributed by atoms with Crippen LogP contribution >= 0.6 is 0 Å². The van der Waals surface area contributed by atoms with Crippen LogP contribution < -0.4 is 0 Å². The molecule has 0 radical (unpaired) electrons. The zero-order chi connectivity index (χ0) is 73.8. The lowest BCUT2D eigenvalue weighted by molar-refractivity contribution is -0.0429. The van der Waals surface area contributed by atoms with E-state index in [1.165, 1.54) is 263 Å². The van der Waals surface area contributed by atoms with Crippen molar-refractivity contribution in [3.8, 4) is 33.4 Å². The molecule has 6 atom stereocenters. The van der Waals surface area contributed by atoms with Crippen molar-refractivity contribution >= 4 is 0 Å². The Balaban J connectivity index is 0.000000143. The van der Waals surface area contributed by atoms with Gasteiger partial charge in [0.25, 0.3) is 0 Å². The van der Waals surface area contributed by atoms with Gasteiger partial charge in [0.15, 0.2) is 0 Å². The van der Waals surface area contributed by atoms with Crippen LogP contribution in [0.15, 0.2) is 109 Å². The minimum atomic E-state index is 0.303. The van der Waals surface area contributed by atoms with E-state index in [0.29, 0.717) is 43.3 Å². The van der Waals surface area contributed by atoms with Crippen molar-refractivity contribution < 1.29 is 0 Å². The SMILES string of the molecule is CCCCC1CC23CC(CCCC)C(CCCC)CC2(CC1CCCC)c1cc(C)ccc1-c1ccc(C)cc13.Cc1ccc2c(c1)C13CC(CCC(C)CC(C)(C)C)CC1(CC(CCC(C)CC(C)(C)C)C3)c1cc(C)ccc1-2.Cc1ccc2c(c1)C13CCCCC1(CCCC3)c1cc(C)ccc1-2. The topological polar surface area (TPSA) is 0 Å². The molecule has 0 nitrogen and oxygen atoms in total. The molecule has 6 unspecified atom stereocenters. The number of hydrogen-bond acceptors (Lipinski definition) is 0. The molecule has 9 aliphatic rings. The van der Waals surface area contributed by atoms with E-state index >= 15 is 0 Å². The Kier molecular flexibility index (Phi) is 23.1. The molecule has 6 fully saturated rings. The van der Waals surface area contributed by atoms with Gasteiger partial charge >= 0.3 is 0 Å². The predicted molar refractivity (Wildman–Crippen MR) is 452 cm³/mol. The molecule has 0 saturated heterocycles. The van der Waals surface area contributed by atoms with E-state index in [1.807, 2.05) is 0 Å². The van der Waals surface area contributed by atoms with Gasteiger partial charge in [-0.25, -0.2) is 0 Å². The van der Waals surface area contributed by atoms with Gasteiger partial charge in [-0.1, -0.05) is 354 Å². The second-order valence-corrected chi connectivity index (χ2v) is 41.1. The Hall–Kier alpha value is -4.68. The van der Waals surface area contributed by atoms with E-state index in [1.54, 1.807) is 55.6 Å². The van der Waals surface area contributed by atoms with Crippen LogP contribution in [0.2, 0.25) is 0 Å². The largest absolute Gasteiger partial charge is 0.0654 e. The van der Waals surface area contributed by atoms with Crippen LogP contribution in [0.1, 0.15) is 368 Å². The van der Waals surface area contributed by atoms with Crippen molar-refractivity contribution in [1.29, 1.82) is 0 Å². The summed E-state index contributed by atoms with van der Waals surface area (Å²) in [4.78, 5) is 0. The molecule has 6 saturated carbocycles. The number of aryl methyl sites for hydroxylation is 6. The summed E-state index contributed by atoms with van der Waals surface area (Å²) in [6, 6.07) is 44.7. The normalized spacial score (nSPS) is 30.1. The van der Waals surface area contributed by atoms with Gasteiger partial charge in [-0.15, -0.1) is 0 Å². The van der Waals surface area contributed by atoms with Gasteiger partial charge in [-0.05, 0) is 256 Å². The van der Waals surface area contributed by atoms with Crippen LogP contribution in [0.25, 0.3) is 33.4 Å². The van der Waals surface area contributed by atoms with Gasteiger partial charge in [0.05, 0.1) is 0 Å². The highest BCUT2D eigenvalue weighted by Crippen LogP contribution is 2.75. The summed E-state index contributed by atoms with van der Waals surface area (Å²) >= 11 is 0. The number of hydrogen-bond donors (Lipinski definition) is 0.